The molecule has 0 bridgehead atoms. The topological polar surface area (TPSA) is 78.9 Å². The largest absolute Gasteiger partial charge is 0.383 e. The van der Waals surface area contributed by atoms with E-state index in [0.29, 0.717) is 29.6 Å². The molecule has 0 atom stereocenters. The van der Waals surface area contributed by atoms with Gasteiger partial charge in [-0.25, -0.2) is 14.6 Å². The maximum absolute atomic E-state index is 6.00. The normalized spacial score (nSPS) is 11.1. The second-order valence-corrected chi connectivity index (χ2v) is 4.97. The Morgan fingerprint density at radius 2 is 2.00 bits per heavy atom. The Kier molecular flexibility index (Phi) is 3.72. The van der Waals surface area contributed by atoms with Gasteiger partial charge in [-0.1, -0.05) is 23.7 Å². The number of fused-ring (bicyclic) bond motifs is 1. The van der Waals surface area contributed by atoms with Crippen LogP contribution < -0.4 is 5.73 Å². The van der Waals surface area contributed by atoms with Gasteiger partial charge in [0.05, 0.1) is 18.5 Å². The molecule has 0 radical (unpaired) electrons. The molecule has 3 rings (SSSR count). The van der Waals surface area contributed by atoms with Crippen molar-refractivity contribution in [3.8, 4) is 11.3 Å². The molecule has 0 aliphatic heterocycles. The fourth-order valence-corrected chi connectivity index (χ4v) is 2.30. The van der Waals surface area contributed by atoms with Gasteiger partial charge in [0.15, 0.2) is 5.65 Å². The zero-order valence-corrected chi connectivity index (χ0v) is 12.2. The molecule has 0 saturated heterocycles. The lowest BCUT2D eigenvalue weighted by atomic mass is 10.1. The summed E-state index contributed by atoms with van der Waals surface area (Å²) in [5.41, 5.74) is 8.37. The van der Waals surface area contributed by atoms with E-state index in [0.717, 1.165) is 16.6 Å². The monoisotopic (exact) mass is 303 g/mol. The van der Waals surface area contributed by atoms with Crippen LogP contribution in [0, 0.1) is 0 Å². The summed E-state index contributed by atoms with van der Waals surface area (Å²) in [4.78, 5) is 8.35. The third kappa shape index (κ3) is 2.55. The van der Waals surface area contributed by atoms with Gasteiger partial charge in [0, 0.05) is 17.7 Å². The molecule has 7 heteroatoms. The van der Waals surface area contributed by atoms with Gasteiger partial charge in [0.25, 0.3) is 0 Å². The van der Waals surface area contributed by atoms with Crippen molar-refractivity contribution >= 4 is 28.5 Å². The molecular weight excluding hydrogens is 290 g/mol. The van der Waals surface area contributed by atoms with Crippen LogP contribution in [0.1, 0.15) is 0 Å². The maximum Gasteiger partial charge on any atom is 0.164 e. The number of anilines is 1. The average molecular weight is 304 g/mol. The molecule has 108 valence electrons. The highest BCUT2D eigenvalue weighted by molar-refractivity contribution is 6.30. The Morgan fingerprint density at radius 1 is 1.24 bits per heavy atom. The summed E-state index contributed by atoms with van der Waals surface area (Å²) in [6.45, 7) is 1.14. The fourth-order valence-electron chi connectivity index (χ4n) is 2.17. The number of hydrogen-bond donors (Lipinski definition) is 1. The van der Waals surface area contributed by atoms with Crippen LogP contribution in [0.2, 0.25) is 5.02 Å². The maximum atomic E-state index is 6.00. The van der Waals surface area contributed by atoms with E-state index in [-0.39, 0.29) is 0 Å². The molecule has 2 N–H and O–H groups in total. The van der Waals surface area contributed by atoms with Crippen molar-refractivity contribution in [3.05, 3.63) is 35.6 Å². The van der Waals surface area contributed by atoms with Crippen LogP contribution in [0.5, 0.6) is 0 Å². The number of rotatable bonds is 4. The first kappa shape index (κ1) is 13.8. The number of nitrogens with two attached hydrogens (primary N) is 1. The average Bonchev–Trinajstić information content (AvgIpc) is 2.86. The van der Waals surface area contributed by atoms with Gasteiger partial charge in [-0.05, 0) is 12.1 Å². The van der Waals surface area contributed by atoms with E-state index in [1.54, 1.807) is 11.8 Å². The van der Waals surface area contributed by atoms with Crippen molar-refractivity contribution in [2.45, 2.75) is 6.54 Å². The summed E-state index contributed by atoms with van der Waals surface area (Å²) >= 11 is 5.93. The van der Waals surface area contributed by atoms with E-state index in [2.05, 4.69) is 15.1 Å². The number of methoxy groups -OCH3 is 1. The highest BCUT2D eigenvalue weighted by atomic mass is 35.5. The minimum atomic E-state index is 0.411. The molecule has 0 unspecified atom stereocenters. The summed E-state index contributed by atoms with van der Waals surface area (Å²) in [5.74, 6) is 0.411. The number of hydrogen-bond acceptors (Lipinski definition) is 5. The lowest BCUT2D eigenvalue weighted by Gasteiger charge is -2.00. The van der Waals surface area contributed by atoms with Crippen LogP contribution in [0.15, 0.2) is 30.6 Å². The van der Waals surface area contributed by atoms with Crippen LogP contribution >= 0.6 is 11.6 Å². The van der Waals surface area contributed by atoms with E-state index in [1.807, 2.05) is 24.3 Å². The van der Waals surface area contributed by atoms with E-state index in [1.165, 1.54) is 6.33 Å². The third-order valence-electron chi connectivity index (χ3n) is 3.18. The minimum Gasteiger partial charge on any atom is -0.383 e. The minimum absolute atomic E-state index is 0.411. The van der Waals surface area contributed by atoms with Gasteiger partial charge in [-0.2, -0.15) is 5.10 Å². The van der Waals surface area contributed by atoms with Crippen molar-refractivity contribution in [1.82, 2.24) is 19.7 Å². The standard InChI is InChI=1S/C14H14ClN5O/c1-21-7-6-20-14-11(13(16)17-8-18-14)12(19-20)9-2-4-10(15)5-3-9/h2-5,8H,6-7H2,1H3,(H2,16,17,18). The molecule has 2 heterocycles. The number of nitrogen functional groups attached to an aromatic ring is 1. The lowest BCUT2D eigenvalue weighted by molar-refractivity contribution is 0.184. The lowest BCUT2D eigenvalue weighted by Crippen LogP contribution is -2.06. The van der Waals surface area contributed by atoms with Crippen molar-refractivity contribution in [2.75, 3.05) is 19.5 Å². The van der Waals surface area contributed by atoms with Crippen molar-refractivity contribution in [2.24, 2.45) is 0 Å². The molecule has 0 aliphatic carbocycles. The molecule has 6 nitrogen and oxygen atoms in total. The van der Waals surface area contributed by atoms with Gasteiger partial charge in [0.2, 0.25) is 0 Å². The Balaban J connectivity index is 2.19. The summed E-state index contributed by atoms with van der Waals surface area (Å²) in [7, 11) is 1.65. The SMILES string of the molecule is COCCn1nc(-c2ccc(Cl)cc2)c2c(N)ncnc21. The second-order valence-electron chi connectivity index (χ2n) is 4.53. The summed E-state index contributed by atoms with van der Waals surface area (Å²) in [6.07, 6.45) is 1.44. The van der Waals surface area contributed by atoms with Gasteiger partial charge < -0.3 is 10.5 Å². The Labute approximate surface area is 126 Å². The number of ether oxygens (including phenoxy) is 1. The van der Waals surface area contributed by atoms with Gasteiger partial charge >= 0.3 is 0 Å². The zero-order valence-electron chi connectivity index (χ0n) is 11.5. The molecular formula is C14H14ClN5O. The fraction of sp³-hybridized carbons (Fsp3) is 0.214. The molecule has 3 aromatic rings. The van der Waals surface area contributed by atoms with Crippen molar-refractivity contribution in [3.63, 3.8) is 0 Å². The molecule has 0 fully saturated rings. The molecule has 1 aromatic carbocycles. The van der Waals surface area contributed by atoms with Crippen molar-refractivity contribution in [1.29, 1.82) is 0 Å². The van der Waals surface area contributed by atoms with Crippen LogP contribution in [0.3, 0.4) is 0 Å². The Bertz CT molecular complexity index is 769. The highest BCUT2D eigenvalue weighted by Gasteiger charge is 2.16. The van der Waals surface area contributed by atoms with Crippen LogP contribution in [0.25, 0.3) is 22.3 Å². The Morgan fingerprint density at radius 3 is 2.71 bits per heavy atom. The van der Waals surface area contributed by atoms with Gasteiger partial charge in [0.1, 0.15) is 17.8 Å². The molecule has 21 heavy (non-hydrogen) atoms. The first-order valence-corrected chi connectivity index (χ1v) is 6.80. The molecule has 0 saturated carbocycles. The first-order chi connectivity index (χ1) is 10.2. The van der Waals surface area contributed by atoms with E-state index in [9.17, 15) is 0 Å². The first-order valence-electron chi connectivity index (χ1n) is 6.42. The van der Waals surface area contributed by atoms with E-state index in [4.69, 9.17) is 22.1 Å². The summed E-state index contributed by atoms with van der Waals surface area (Å²) in [6, 6.07) is 7.43. The highest BCUT2D eigenvalue weighted by Crippen LogP contribution is 2.30. The van der Waals surface area contributed by atoms with Crippen LogP contribution in [0.4, 0.5) is 5.82 Å². The van der Waals surface area contributed by atoms with E-state index < -0.39 is 0 Å². The van der Waals surface area contributed by atoms with Gasteiger partial charge in [-0.3, -0.25) is 0 Å². The molecule has 0 amide bonds. The van der Waals surface area contributed by atoms with Gasteiger partial charge in [-0.15, -0.1) is 0 Å². The molecule has 2 aromatic heterocycles. The number of benzene rings is 1. The molecule has 0 spiro atoms. The third-order valence-corrected chi connectivity index (χ3v) is 3.44. The molecule has 0 aliphatic rings. The van der Waals surface area contributed by atoms with Crippen molar-refractivity contribution < 1.29 is 4.74 Å². The van der Waals surface area contributed by atoms with E-state index >= 15 is 0 Å². The van der Waals surface area contributed by atoms with Crippen LogP contribution in [-0.2, 0) is 11.3 Å². The second kappa shape index (κ2) is 5.67. The predicted molar refractivity (Wildman–Crippen MR) is 82.1 cm³/mol. The predicted octanol–water partition coefficient (Wildman–Crippen LogP) is 2.38. The Hall–Kier alpha value is -2.18. The zero-order chi connectivity index (χ0) is 14.8. The number of aromatic nitrogens is 4. The summed E-state index contributed by atoms with van der Waals surface area (Å²) < 4.78 is 6.88. The van der Waals surface area contributed by atoms with Crippen LogP contribution in [-0.4, -0.2) is 33.5 Å². The number of nitrogens with zero attached hydrogens (tertiary/aromatic N) is 4. The number of halogens is 1. The quantitative estimate of drug-likeness (QED) is 0.800. The smallest absolute Gasteiger partial charge is 0.164 e. The summed E-state index contributed by atoms with van der Waals surface area (Å²) in [5, 5.41) is 6.02.